The molecule has 6 heteroatoms. The molecule has 0 bridgehead atoms. The van der Waals surface area contributed by atoms with Gasteiger partial charge in [0.2, 0.25) is 0 Å². The van der Waals surface area contributed by atoms with E-state index in [-0.39, 0.29) is 18.1 Å². The lowest BCUT2D eigenvalue weighted by atomic mass is 10.1. The molecule has 1 atom stereocenters. The van der Waals surface area contributed by atoms with E-state index < -0.39 is 0 Å². The maximum atomic E-state index is 12.6. The van der Waals surface area contributed by atoms with E-state index in [1.165, 1.54) is 6.33 Å². The highest BCUT2D eigenvalue weighted by Gasteiger charge is 2.14. The van der Waals surface area contributed by atoms with E-state index in [4.69, 9.17) is 4.74 Å². The van der Waals surface area contributed by atoms with Crippen molar-refractivity contribution in [1.29, 1.82) is 0 Å². The molecule has 1 heterocycles. The minimum atomic E-state index is -0.256. The van der Waals surface area contributed by atoms with Gasteiger partial charge in [-0.25, -0.2) is 9.97 Å². The second-order valence-corrected chi connectivity index (χ2v) is 6.68. The van der Waals surface area contributed by atoms with E-state index in [0.717, 1.165) is 17.0 Å². The lowest BCUT2D eigenvalue weighted by molar-refractivity contribution is 0.0934. The number of anilines is 2. The van der Waals surface area contributed by atoms with Crippen LogP contribution >= 0.6 is 0 Å². The number of ether oxygens (including phenoxy) is 1. The third-order valence-electron chi connectivity index (χ3n) is 4.06. The van der Waals surface area contributed by atoms with Crippen LogP contribution in [0, 0.1) is 0 Å². The number of hydrogen-bond acceptors (Lipinski definition) is 5. The number of hydrogen-bond donors (Lipinski definition) is 2. The van der Waals surface area contributed by atoms with Crippen molar-refractivity contribution in [1.82, 2.24) is 15.3 Å². The Labute approximate surface area is 165 Å². The molecule has 0 saturated carbocycles. The van der Waals surface area contributed by atoms with Crippen LogP contribution in [0.2, 0.25) is 0 Å². The first kappa shape index (κ1) is 19.4. The highest BCUT2D eigenvalue weighted by molar-refractivity contribution is 5.93. The Hall–Kier alpha value is -3.41. The van der Waals surface area contributed by atoms with E-state index >= 15 is 0 Å². The number of amides is 1. The molecule has 0 aliphatic carbocycles. The predicted molar refractivity (Wildman–Crippen MR) is 110 cm³/mol. The largest absolute Gasteiger partial charge is 0.489 e. The Morgan fingerprint density at radius 2 is 1.68 bits per heavy atom. The van der Waals surface area contributed by atoms with Crippen molar-refractivity contribution in [2.75, 3.05) is 5.32 Å². The Morgan fingerprint density at radius 1 is 0.964 bits per heavy atom. The van der Waals surface area contributed by atoms with Crippen LogP contribution in [0.25, 0.3) is 0 Å². The summed E-state index contributed by atoms with van der Waals surface area (Å²) in [5.41, 5.74) is 2.10. The van der Waals surface area contributed by atoms with E-state index in [1.54, 1.807) is 6.07 Å². The highest BCUT2D eigenvalue weighted by Crippen LogP contribution is 2.27. The Morgan fingerprint density at radius 3 is 2.43 bits per heavy atom. The van der Waals surface area contributed by atoms with Gasteiger partial charge < -0.3 is 15.4 Å². The highest BCUT2D eigenvalue weighted by atomic mass is 16.5. The number of nitrogens with zero attached hydrogens (tertiary/aromatic N) is 2. The Balaban J connectivity index is 1.73. The standard InChI is InChI=1S/C22H24N4O2/c1-15(2)28-20-12-8-7-11-18(20)26-21-13-19(23-14-24-21)22(27)25-16(3)17-9-5-4-6-10-17/h4-16H,1-3H3,(H,25,27)(H,23,24,26). The van der Waals surface area contributed by atoms with Gasteiger partial charge in [-0.05, 0) is 38.5 Å². The van der Waals surface area contributed by atoms with E-state index in [9.17, 15) is 4.79 Å². The molecule has 144 valence electrons. The van der Waals surface area contributed by atoms with Crippen LogP contribution in [0.15, 0.2) is 67.0 Å². The van der Waals surface area contributed by atoms with Gasteiger partial charge in [0.25, 0.3) is 5.91 Å². The third-order valence-corrected chi connectivity index (χ3v) is 4.06. The summed E-state index contributed by atoms with van der Waals surface area (Å²) in [5.74, 6) is 0.987. The van der Waals surface area contributed by atoms with Crippen molar-refractivity contribution in [3.05, 3.63) is 78.2 Å². The van der Waals surface area contributed by atoms with Crippen molar-refractivity contribution in [3.8, 4) is 5.75 Å². The quantitative estimate of drug-likeness (QED) is 0.635. The molecule has 1 amide bonds. The van der Waals surface area contributed by atoms with Crippen LogP contribution in [0.5, 0.6) is 5.75 Å². The summed E-state index contributed by atoms with van der Waals surface area (Å²) in [6, 6.07) is 18.9. The lowest BCUT2D eigenvalue weighted by Gasteiger charge is -2.16. The maximum Gasteiger partial charge on any atom is 0.270 e. The Bertz CT molecular complexity index is 929. The topological polar surface area (TPSA) is 76.1 Å². The van der Waals surface area contributed by atoms with Gasteiger partial charge in [-0.1, -0.05) is 42.5 Å². The first-order valence-corrected chi connectivity index (χ1v) is 9.23. The van der Waals surface area contributed by atoms with Crippen LogP contribution in [0.1, 0.15) is 42.9 Å². The zero-order valence-electron chi connectivity index (χ0n) is 16.2. The van der Waals surface area contributed by atoms with Crippen molar-refractivity contribution >= 4 is 17.4 Å². The first-order chi connectivity index (χ1) is 13.5. The fourth-order valence-electron chi connectivity index (χ4n) is 2.71. The molecule has 0 spiro atoms. The fourth-order valence-corrected chi connectivity index (χ4v) is 2.71. The third kappa shape index (κ3) is 5.07. The number of para-hydroxylation sites is 2. The van der Waals surface area contributed by atoms with E-state index in [0.29, 0.717) is 11.5 Å². The zero-order chi connectivity index (χ0) is 19.9. The number of carbonyl (C=O) groups is 1. The van der Waals surface area contributed by atoms with Gasteiger partial charge in [-0.3, -0.25) is 4.79 Å². The fraction of sp³-hybridized carbons (Fsp3) is 0.227. The smallest absolute Gasteiger partial charge is 0.270 e. The molecule has 1 aromatic heterocycles. The van der Waals surface area contributed by atoms with Gasteiger partial charge in [0, 0.05) is 6.07 Å². The van der Waals surface area contributed by atoms with Gasteiger partial charge in [0.05, 0.1) is 17.8 Å². The van der Waals surface area contributed by atoms with Gasteiger partial charge in [-0.2, -0.15) is 0 Å². The minimum absolute atomic E-state index is 0.0502. The Kier molecular flexibility index (Phi) is 6.22. The van der Waals surface area contributed by atoms with Gasteiger partial charge in [0.15, 0.2) is 0 Å². The summed E-state index contributed by atoms with van der Waals surface area (Å²) in [7, 11) is 0. The summed E-state index contributed by atoms with van der Waals surface area (Å²) in [6.07, 6.45) is 1.42. The first-order valence-electron chi connectivity index (χ1n) is 9.23. The SMILES string of the molecule is CC(C)Oc1ccccc1Nc1cc(C(=O)NC(C)c2ccccc2)ncn1. The number of aromatic nitrogens is 2. The predicted octanol–water partition coefficient (Wildman–Crippen LogP) is 4.50. The second-order valence-electron chi connectivity index (χ2n) is 6.68. The molecule has 1 unspecified atom stereocenters. The maximum absolute atomic E-state index is 12.6. The molecule has 6 nitrogen and oxygen atoms in total. The number of rotatable bonds is 7. The zero-order valence-corrected chi connectivity index (χ0v) is 16.2. The van der Waals surface area contributed by atoms with Crippen molar-refractivity contribution < 1.29 is 9.53 Å². The van der Waals surface area contributed by atoms with Crippen LogP contribution < -0.4 is 15.4 Å². The van der Waals surface area contributed by atoms with E-state index in [1.807, 2.05) is 75.4 Å². The van der Waals surface area contributed by atoms with Crippen molar-refractivity contribution in [3.63, 3.8) is 0 Å². The summed E-state index contributed by atoms with van der Waals surface area (Å²) in [4.78, 5) is 20.9. The molecule has 3 aromatic rings. The molecular formula is C22H24N4O2. The second kappa shape index (κ2) is 8.99. The molecule has 0 aliphatic rings. The molecule has 2 N–H and O–H groups in total. The monoisotopic (exact) mass is 376 g/mol. The normalized spacial score (nSPS) is 11.7. The average molecular weight is 376 g/mol. The molecule has 0 fully saturated rings. The van der Waals surface area contributed by atoms with Crippen LogP contribution in [0.3, 0.4) is 0 Å². The molecule has 2 aromatic carbocycles. The van der Waals surface area contributed by atoms with E-state index in [2.05, 4.69) is 20.6 Å². The van der Waals surface area contributed by atoms with Crippen molar-refractivity contribution in [2.24, 2.45) is 0 Å². The van der Waals surface area contributed by atoms with Crippen LogP contribution in [-0.4, -0.2) is 22.0 Å². The summed E-state index contributed by atoms with van der Waals surface area (Å²) >= 11 is 0. The minimum Gasteiger partial charge on any atom is -0.489 e. The molecule has 0 radical (unpaired) electrons. The van der Waals surface area contributed by atoms with Crippen molar-refractivity contribution in [2.45, 2.75) is 32.9 Å². The number of carbonyl (C=O) groups excluding carboxylic acids is 1. The lowest BCUT2D eigenvalue weighted by Crippen LogP contribution is -2.27. The molecule has 0 saturated heterocycles. The number of benzene rings is 2. The average Bonchev–Trinajstić information content (AvgIpc) is 2.70. The molecule has 28 heavy (non-hydrogen) atoms. The number of nitrogens with one attached hydrogen (secondary N) is 2. The van der Waals surface area contributed by atoms with Crippen LogP contribution in [0.4, 0.5) is 11.5 Å². The summed E-state index contributed by atoms with van der Waals surface area (Å²) in [6.45, 7) is 5.88. The summed E-state index contributed by atoms with van der Waals surface area (Å²) in [5, 5.41) is 6.16. The van der Waals surface area contributed by atoms with Gasteiger partial charge in [-0.15, -0.1) is 0 Å². The summed E-state index contributed by atoms with van der Waals surface area (Å²) < 4.78 is 5.81. The van der Waals surface area contributed by atoms with Crippen LogP contribution in [-0.2, 0) is 0 Å². The van der Waals surface area contributed by atoms with Gasteiger partial charge in [0.1, 0.15) is 23.6 Å². The van der Waals surface area contributed by atoms with Gasteiger partial charge >= 0.3 is 0 Å². The molecular weight excluding hydrogens is 352 g/mol. The molecule has 3 rings (SSSR count). The molecule has 0 aliphatic heterocycles.